The van der Waals surface area contributed by atoms with Crippen molar-refractivity contribution >= 4 is 45.4 Å². The van der Waals surface area contributed by atoms with E-state index in [1.165, 1.54) is 11.3 Å². The van der Waals surface area contributed by atoms with E-state index in [2.05, 4.69) is 9.88 Å². The van der Waals surface area contributed by atoms with Crippen LogP contribution in [0.3, 0.4) is 0 Å². The van der Waals surface area contributed by atoms with E-state index in [0.29, 0.717) is 53.3 Å². The Balaban J connectivity index is 1.42. The zero-order valence-electron chi connectivity index (χ0n) is 14.3. The fraction of sp³-hybridized carbons (Fsp3) is 0.278. The molecule has 0 bridgehead atoms. The molecular weight excluding hydrogens is 407 g/mol. The predicted molar refractivity (Wildman–Crippen MR) is 107 cm³/mol. The third-order valence-electron chi connectivity index (χ3n) is 4.58. The zero-order chi connectivity index (χ0) is 19.0. The lowest BCUT2D eigenvalue weighted by Crippen LogP contribution is -2.48. The van der Waals surface area contributed by atoms with E-state index in [-0.39, 0.29) is 11.5 Å². The van der Waals surface area contributed by atoms with Crippen molar-refractivity contribution in [3.8, 4) is 0 Å². The van der Waals surface area contributed by atoms with Crippen LogP contribution >= 0.6 is 34.5 Å². The van der Waals surface area contributed by atoms with Crippen molar-refractivity contribution in [3.05, 3.63) is 67.5 Å². The maximum atomic E-state index is 12.7. The van der Waals surface area contributed by atoms with Gasteiger partial charge in [-0.05, 0) is 12.1 Å². The summed E-state index contributed by atoms with van der Waals surface area (Å²) in [5.41, 5.74) is 1.11. The minimum absolute atomic E-state index is 0.0688. The van der Waals surface area contributed by atoms with Crippen molar-refractivity contribution in [2.45, 2.75) is 6.54 Å². The molecule has 0 radical (unpaired) electrons. The Labute approximate surface area is 169 Å². The van der Waals surface area contributed by atoms with Gasteiger partial charge in [0, 0.05) is 50.4 Å². The highest BCUT2D eigenvalue weighted by atomic mass is 35.5. The molecular formula is C18H16Cl2N4O2S. The molecule has 1 fully saturated rings. The van der Waals surface area contributed by atoms with Crippen LogP contribution < -0.4 is 5.56 Å². The van der Waals surface area contributed by atoms with Gasteiger partial charge in [-0.2, -0.15) is 0 Å². The number of fused-ring (bicyclic) bond motifs is 1. The molecule has 0 atom stereocenters. The second-order valence-corrected chi connectivity index (χ2v) is 7.97. The average Bonchev–Trinajstić information content (AvgIpc) is 3.13. The molecule has 1 aliphatic heterocycles. The molecule has 140 valence electrons. The molecule has 0 aliphatic carbocycles. The number of piperazine rings is 1. The van der Waals surface area contributed by atoms with Gasteiger partial charge in [-0.3, -0.25) is 18.9 Å². The van der Waals surface area contributed by atoms with Crippen molar-refractivity contribution in [1.29, 1.82) is 0 Å². The summed E-state index contributed by atoms with van der Waals surface area (Å²) < 4.78 is 1.54. The Morgan fingerprint density at radius 2 is 1.96 bits per heavy atom. The number of benzene rings is 1. The standard InChI is InChI=1S/C18H16Cl2N4O2S/c19-14-3-1-2-13(16(14)20)17(26)23-6-4-22(5-7-23)11-12-10-15(25)24-8-9-27-18(24)21-12/h1-3,8-10H,4-7,11H2. The second-order valence-electron chi connectivity index (χ2n) is 6.31. The molecule has 1 amide bonds. The van der Waals surface area contributed by atoms with Crippen LogP contribution in [0.5, 0.6) is 0 Å². The summed E-state index contributed by atoms with van der Waals surface area (Å²) >= 11 is 13.6. The molecule has 3 aromatic rings. The molecule has 1 saturated heterocycles. The van der Waals surface area contributed by atoms with Crippen molar-refractivity contribution in [3.63, 3.8) is 0 Å². The van der Waals surface area contributed by atoms with Crippen LogP contribution in [0.2, 0.25) is 10.0 Å². The van der Waals surface area contributed by atoms with Gasteiger partial charge >= 0.3 is 0 Å². The molecule has 1 aromatic carbocycles. The molecule has 4 rings (SSSR count). The van der Waals surface area contributed by atoms with Crippen LogP contribution in [0.4, 0.5) is 0 Å². The molecule has 0 unspecified atom stereocenters. The largest absolute Gasteiger partial charge is 0.336 e. The summed E-state index contributed by atoms with van der Waals surface area (Å²) in [5, 5.41) is 2.52. The number of carbonyl (C=O) groups is 1. The van der Waals surface area contributed by atoms with Crippen LogP contribution in [0, 0.1) is 0 Å². The van der Waals surface area contributed by atoms with Crippen molar-refractivity contribution in [2.75, 3.05) is 26.2 Å². The third-order valence-corrected chi connectivity index (χ3v) is 6.16. The van der Waals surface area contributed by atoms with Gasteiger partial charge < -0.3 is 4.90 Å². The average molecular weight is 423 g/mol. The van der Waals surface area contributed by atoms with Gasteiger partial charge in [0.15, 0.2) is 4.96 Å². The van der Waals surface area contributed by atoms with E-state index in [4.69, 9.17) is 23.2 Å². The van der Waals surface area contributed by atoms with Crippen LogP contribution in [0.25, 0.3) is 4.96 Å². The Morgan fingerprint density at radius 3 is 2.74 bits per heavy atom. The number of amides is 1. The van der Waals surface area contributed by atoms with Crippen molar-refractivity contribution in [1.82, 2.24) is 19.2 Å². The highest BCUT2D eigenvalue weighted by molar-refractivity contribution is 7.15. The summed E-state index contributed by atoms with van der Waals surface area (Å²) in [6, 6.07) is 6.65. The van der Waals surface area contributed by atoms with Crippen LogP contribution in [-0.2, 0) is 6.54 Å². The SMILES string of the molecule is O=C(c1cccc(Cl)c1Cl)N1CCN(Cc2cc(=O)n3ccsc3n2)CC1. The van der Waals surface area contributed by atoms with E-state index in [9.17, 15) is 9.59 Å². The van der Waals surface area contributed by atoms with Gasteiger partial charge in [-0.1, -0.05) is 29.3 Å². The first-order chi connectivity index (χ1) is 13.0. The lowest BCUT2D eigenvalue weighted by molar-refractivity contribution is 0.0627. The van der Waals surface area contributed by atoms with Gasteiger partial charge in [-0.25, -0.2) is 4.98 Å². The fourth-order valence-corrected chi connectivity index (χ4v) is 4.27. The summed E-state index contributed by atoms with van der Waals surface area (Å²) in [6.07, 6.45) is 1.73. The van der Waals surface area contributed by atoms with Gasteiger partial charge in [0.1, 0.15) is 0 Å². The Bertz CT molecular complexity index is 1060. The van der Waals surface area contributed by atoms with Crippen LogP contribution in [-0.4, -0.2) is 51.3 Å². The summed E-state index contributed by atoms with van der Waals surface area (Å²) in [7, 11) is 0. The third kappa shape index (κ3) is 3.73. The molecule has 1 aliphatic rings. The molecule has 2 aromatic heterocycles. The lowest BCUT2D eigenvalue weighted by atomic mass is 10.1. The van der Waals surface area contributed by atoms with E-state index in [0.717, 1.165) is 5.69 Å². The number of carbonyl (C=O) groups excluding carboxylic acids is 1. The number of halogens is 2. The molecule has 0 saturated carbocycles. The lowest BCUT2D eigenvalue weighted by Gasteiger charge is -2.34. The number of hydrogen-bond donors (Lipinski definition) is 0. The monoisotopic (exact) mass is 422 g/mol. The van der Waals surface area contributed by atoms with E-state index >= 15 is 0 Å². The van der Waals surface area contributed by atoms with Crippen LogP contribution in [0.1, 0.15) is 16.1 Å². The van der Waals surface area contributed by atoms with Gasteiger partial charge in [0.05, 0.1) is 21.3 Å². The van der Waals surface area contributed by atoms with Gasteiger partial charge in [0.2, 0.25) is 0 Å². The number of rotatable bonds is 3. The normalized spacial score (nSPS) is 15.4. The predicted octanol–water partition coefficient (Wildman–Crippen LogP) is 3.02. The molecule has 0 spiro atoms. The highest BCUT2D eigenvalue weighted by Crippen LogP contribution is 2.26. The second kappa shape index (κ2) is 7.59. The Hall–Kier alpha value is -1.93. The number of thiazole rings is 1. The smallest absolute Gasteiger partial charge is 0.258 e. The quantitative estimate of drug-likeness (QED) is 0.650. The first-order valence-corrected chi connectivity index (χ1v) is 10.1. The maximum Gasteiger partial charge on any atom is 0.258 e. The zero-order valence-corrected chi connectivity index (χ0v) is 16.6. The molecule has 0 N–H and O–H groups in total. The van der Waals surface area contributed by atoms with E-state index in [1.807, 2.05) is 5.38 Å². The van der Waals surface area contributed by atoms with E-state index < -0.39 is 0 Å². The van der Waals surface area contributed by atoms with Crippen LogP contribution in [0.15, 0.2) is 40.6 Å². The summed E-state index contributed by atoms with van der Waals surface area (Å²) in [4.78, 5) is 34.0. The van der Waals surface area contributed by atoms with Crippen molar-refractivity contribution < 1.29 is 4.79 Å². The number of hydrogen-bond acceptors (Lipinski definition) is 5. The first-order valence-electron chi connectivity index (χ1n) is 8.44. The highest BCUT2D eigenvalue weighted by Gasteiger charge is 2.24. The maximum absolute atomic E-state index is 12.7. The summed E-state index contributed by atoms with van der Waals surface area (Å²) in [6.45, 7) is 3.16. The topological polar surface area (TPSA) is 57.9 Å². The number of nitrogens with zero attached hydrogens (tertiary/aromatic N) is 4. The molecule has 3 heterocycles. The Morgan fingerprint density at radius 1 is 1.19 bits per heavy atom. The summed E-state index contributed by atoms with van der Waals surface area (Å²) in [5.74, 6) is -0.112. The van der Waals surface area contributed by atoms with Gasteiger partial charge in [0.25, 0.3) is 11.5 Å². The van der Waals surface area contributed by atoms with Crippen molar-refractivity contribution in [2.24, 2.45) is 0 Å². The minimum Gasteiger partial charge on any atom is -0.336 e. The molecule has 6 nitrogen and oxygen atoms in total. The molecule has 27 heavy (non-hydrogen) atoms. The fourth-order valence-electron chi connectivity index (χ4n) is 3.15. The first kappa shape index (κ1) is 18.4. The van der Waals surface area contributed by atoms with Gasteiger partial charge in [-0.15, -0.1) is 11.3 Å². The van der Waals surface area contributed by atoms with E-state index in [1.54, 1.807) is 39.8 Å². The number of aromatic nitrogens is 2. The molecule has 9 heteroatoms. The Kier molecular flexibility index (Phi) is 5.19. The minimum atomic E-state index is -0.112.